The van der Waals surface area contributed by atoms with Gasteiger partial charge >= 0.3 is 0 Å². The molecule has 0 saturated carbocycles. The molecule has 104 valence electrons. The lowest BCUT2D eigenvalue weighted by Crippen LogP contribution is -2.42. The number of hydrogen-bond acceptors (Lipinski definition) is 2. The Morgan fingerprint density at radius 2 is 2.37 bits per heavy atom. The van der Waals surface area contributed by atoms with E-state index in [1.165, 1.54) is 12.1 Å². The molecule has 3 nitrogen and oxygen atoms in total. The van der Waals surface area contributed by atoms with E-state index in [4.69, 9.17) is 0 Å². The molecule has 0 bridgehead atoms. The van der Waals surface area contributed by atoms with Gasteiger partial charge in [-0.25, -0.2) is 4.39 Å². The van der Waals surface area contributed by atoms with Crippen LogP contribution in [0.5, 0.6) is 0 Å². The van der Waals surface area contributed by atoms with Crippen molar-refractivity contribution in [3.8, 4) is 0 Å². The summed E-state index contributed by atoms with van der Waals surface area (Å²) < 4.78 is 13.9. The van der Waals surface area contributed by atoms with E-state index in [1.807, 2.05) is 0 Å². The van der Waals surface area contributed by atoms with Crippen molar-refractivity contribution in [3.63, 3.8) is 0 Å². The summed E-state index contributed by atoms with van der Waals surface area (Å²) in [5.41, 5.74) is 0.760. The van der Waals surface area contributed by atoms with Crippen LogP contribution in [0, 0.1) is 11.7 Å². The van der Waals surface area contributed by atoms with Crippen LogP contribution >= 0.6 is 15.9 Å². The molecule has 1 fully saturated rings. The molecule has 2 unspecified atom stereocenters. The predicted octanol–water partition coefficient (Wildman–Crippen LogP) is 2.59. The first kappa shape index (κ1) is 14.5. The molecule has 5 heteroatoms. The van der Waals surface area contributed by atoms with Gasteiger partial charge in [0.2, 0.25) is 5.91 Å². The molecule has 1 aliphatic rings. The molecule has 1 aromatic rings. The van der Waals surface area contributed by atoms with Crippen LogP contribution in [0.15, 0.2) is 22.7 Å². The molecule has 2 atom stereocenters. The summed E-state index contributed by atoms with van der Waals surface area (Å²) >= 11 is 3.36. The summed E-state index contributed by atoms with van der Waals surface area (Å²) in [6.07, 6.45) is 1.72. The van der Waals surface area contributed by atoms with Crippen molar-refractivity contribution >= 4 is 21.8 Å². The quantitative estimate of drug-likeness (QED) is 0.895. The van der Waals surface area contributed by atoms with Gasteiger partial charge in [-0.1, -0.05) is 15.9 Å². The zero-order valence-corrected chi connectivity index (χ0v) is 12.5. The fraction of sp³-hybridized carbons (Fsp3) is 0.500. The highest BCUT2D eigenvalue weighted by Crippen LogP contribution is 2.19. The summed E-state index contributed by atoms with van der Waals surface area (Å²) in [6.45, 7) is 3.32. The van der Waals surface area contributed by atoms with Gasteiger partial charge in [0.25, 0.3) is 0 Å². The van der Waals surface area contributed by atoms with Crippen molar-refractivity contribution in [3.05, 3.63) is 34.1 Å². The number of benzene rings is 1. The van der Waals surface area contributed by atoms with Crippen molar-refractivity contribution in [1.82, 2.24) is 10.6 Å². The van der Waals surface area contributed by atoms with Gasteiger partial charge in [-0.15, -0.1) is 0 Å². The third-order valence-corrected chi connectivity index (χ3v) is 4.23. The van der Waals surface area contributed by atoms with Crippen molar-refractivity contribution in [1.29, 1.82) is 0 Å². The fourth-order valence-electron chi connectivity index (χ4n) is 2.38. The van der Waals surface area contributed by atoms with Crippen LogP contribution in [-0.4, -0.2) is 18.5 Å². The van der Waals surface area contributed by atoms with Crippen LogP contribution in [-0.2, 0) is 11.3 Å². The first-order valence-corrected chi connectivity index (χ1v) is 7.30. The minimum Gasteiger partial charge on any atom is -0.352 e. The van der Waals surface area contributed by atoms with Crippen molar-refractivity contribution in [2.75, 3.05) is 6.54 Å². The van der Waals surface area contributed by atoms with E-state index in [0.717, 1.165) is 29.4 Å². The molecule has 0 spiro atoms. The van der Waals surface area contributed by atoms with Crippen molar-refractivity contribution in [2.45, 2.75) is 32.4 Å². The smallest absolute Gasteiger partial charge is 0.223 e. The highest BCUT2D eigenvalue weighted by atomic mass is 79.9. The maximum absolute atomic E-state index is 13.1. The Morgan fingerprint density at radius 3 is 3.11 bits per heavy atom. The maximum Gasteiger partial charge on any atom is 0.223 e. The Labute approximate surface area is 121 Å². The monoisotopic (exact) mass is 328 g/mol. The number of halogens is 2. The molecule has 19 heavy (non-hydrogen) atoms. The van der Waals surface area contributed by atoms with E-state index in [1.54, 1.807) is 6.07 Å². The van der Waals surface area contributed by atoms with Gasteiger partial charge in [0.1, 0.15) is 5.82 Å². The number of piperidine rings is 1. The topological polar surface area (TPSA) is 41.1 Å². The van der Waals surface area contributed by atoms with Crippen LogP contribution in [0.1, 0.15) is 25.3 Å². The van der Waals surface area contributed by atoms with Crippen LogP contribution < -0.4 is 10.6 Å². The molecule has 0 aliphatic carbocycles. The summed E-state index contributed by atoms with van der Waals surface area (Å²) in [7, 11) is 0. The van der Waals surface area contributed by atoms with Crippen LogP contribution in [0.4, 0.5) is 4.39 Å². The molecule has 1 aliphatic heterocycles. The average molecular weight is 329 g/mol. The lowest BCUT2D eigenvalue weighted by molar-refractivity contribution is -0.126. The minimum atomic E-state index is -0.289. The van der Waals surface area contributed by atoms with Gasteiger partial charge in [0.05, 0.1) is 0 Å². The number of amides is 1. The molecule has 2 rings (SSSR count). The van der Waals surface area contributed by atoms with E-state index in [-0.39, 0.29) is 17.6 Å². The standard InChI is InChI=1S/C14H18BrFN2O/c1-9-6-10(4-5-17-9)14(19)18-8-11-7-12(16)2-3-13(11)15/h2-3,7,9-10,17H,4-6,8H2,1H3,(H,18,19). The highest BCUT2D eigenvalue weighted by molar-refractivity contribution is 9.10. The van der Waals surface area contributed by atoms with Crippen molar-refractivity contribution < 1.29 is 9.18 Å². The highest BCUT2D eigenvalue weighted by Gasteiger charge is 2.24. The third-order valence-electron chi connectivity index (χ3n) is 3.46. The zero-order chi connectivity index (χ0) is 13.8. The van der Waals surface area contributed by atoms with Gasteiger partial charge in [-0.2, -0.15) is 0 Å². The fourth-order valence-corrected chi connectivity index (χ4v) is 2.76. The molecular weight excluding hydrogens is 311 g/mol. The average Bonchev–Trinajstić information content (AvgIpc) is 2.39. The van der Waals surface area contributed by atoms with Crippen LogP contribution in [0.2, 0.25) is 0 Å². The summed E-state index contributed by atoms with van der Waals surface area (Å²) in [4.78, 5) is 12.1. The zero-order valence-electron chi connectivity index (χ0n) is 10.9. The van der Waals surface area contributed by atoms with Crippen molar-refractivity contribution in [2.24, 2.45) is 5.92 Å². The normalized spacial score (nSPS) is 23.1. The van der Waals surface area contributed by atoms with Gasteiger partial charge in [0, 0.05) is 23.0 Å². The van der Waals surface area contributed by atoms with E-state index >= 15 is 0 Å². The lowest BCUT2D eigenvalue weighted by atomic mass is 9.92. The van der Waals surface area contributed by atoms with Gasteiger partial charge in [-0.05, 0) is 50.1 Å². The Kier molecular flexibility index (Phi) is 4.93. The van der Waals surface area contributed by atoms with E-state index in [2.05, 4.69) is 33.5 Å². The van der Waals surface area contributed by atoms with Crippen LogP contribution in [0.3, 0.4) is 0 Å². The molecule has 1 heterocycles. The molecular formula is C14H18BrFN2O. The van der Waals surface area contributed by atoms with Crippen LogP contribution in [0.25, 0.3) is 0 Å². The minimum absolute atomic E-state index is 0.0589. The van der Waals surface area contributed by atoms with Gasteiger partial charge < -0.3 is 10.6 Å². The van der Waals surface area contributed by atoms with E-state index in [0.29, 0.717) is 12.6 Å². The Bertz CT molecular complexity index is 467. The molecule has 0 aromatic heterocycles. The largest absolute Gasteiger partial charge is 0.352 e. The Morgan fingerprint density at radius 1 is 1.58 bits per heavy atom. The second-order valence-electron chi connectivity index (χ2n) is 5.03. The summed E-state index contributed by atoms with van der Waals surface area (Å²) in [6, 6.07) is 4.87. The first-order chi connectivity index (χ1) is 9.06. The Balaban J connectivity index is 1.91. The molecule has 0 radical (unpaired) electrons. The number of rotatable bonds is 3. The number of nitrogens with one attached hydrogen (secondary N) is 2. The Hall–Kier alpha value is -0.940. The first-order valence-electron chi connectivity index (χ1n) is 6.51. The number of carbonyl (C=O) groups is 1. The predicted molar refractivity (Wildman–Crippen MR) is 76.1 cm³/mol. The second kappa shape index (κ2) is 6.48. The molecule has 1 amide bonds. The SMILES string of the molecule is CC1CC(C(=O)NCc2cc(F)ccc2Br)CCN1. The third kappa shape index (κ3) is 4.01. The molecule has 1 aromatic carbocycles. The molecule has 1 saturated heterocycles. The molecule has 2 N–H and O–H groups in total. The number of carbonyl (C=O) groups excluding carboxylic acids is 1. The van der Waals surface area contributed by atoms with E-state index < -0.39 is 0 Å². The lowest BCUT2D eigenvalue weighted by Gasteiger charge is -2.27. The van der Waals surface area contributed by atoms with Gasteiger partial charge in [0.15, 0.2) is 0 Å². The number of hydrogen-bond donors (Lipinski definition) is 2. The van der Waals surface area contributed by atoms with Gasteiger partial charge in [-0.3, -0.25) is 4.79 Å². The second-order valence-corrected chi connectivity index (χ2v) is 5.88. The maximum atomic E-state index is 13.1. The summed E-state index contributed by atoms with van der Waals surface area (Å²) in [5, 5.41) is 6.21. The summed E-state index contributed by atoms with van der Waals surface area (Å²) in [5.74, 6) is -0.170. The van der Waals surface area contributed by atoms with E-state index in [9.17, 15) is 9.18 Å².